The first-order valence-electron chi connectivity index (χ1n) is 12.3. The number of carbonyl (C=O) groups excluding carboxylic acids is 1. The topological polar surface area (TPSA) is 94.5 Å². The molecular formula is C27H31NO7. The number of ether oxygens (including phenoxy) is 4. The minimum absolute atomic E-state index is 0.0802. The molecule has 1 unspecified atom stereocenters. The maximum absolute atomic E-state index is 13.0. The van der Waals surface area contributed by atoms with Gasteiger partial charge in [-0.1, -0.05) is 48.5 Å². The Morgan fingerprint density at radius 1 is 0.971 bits per heavy atom. The molecule has 8 heteroatoms. The van der Waals surface area contributed by atoms with Gasteiger partial charge in [0.2, 0.25) is 0 Å². The zero-order chi connectivity index (χ0) is 24.2. The second-order valence-electron chi connectivity index (χ2n) is 9.21. The van der Waals surface area contributed by atoms with Crippen molar-refractivity contribution in [2.45, 2.75) is 50.0 Å². The maximum Gasteiger partial charge on any atom is 0.410 e. The average Bonchev–Trinajstić information content (AvgIpc) is 3.46. The predicted molar refractivity (Wildman–Crippen MR) is 127 cm³/mol. The SMILES string of the molecule is O=C(O)[C@@H]1C[C@@H](OCCOC2CCCCO2)CN1C(=O)OCC1c2ccccc2-c2ccccc21. The van der Waals surface area contributed by atoms with E-state index in [2.05, 4.69) is 12.1 Å². The molecule has 2 aliphatic heterocycles. The number of likely N-dealkylation sites (tertiary alicyclic amines) is 1. The smallest absolute Gasteiger partial charge is 0.410 e. The number of carboxylic acids is 1. The number of aliphatic carboxylic acids is 1. The van der Waals surface area contributed by atoms with Crippen molar-refractivity contribution in [3.63, 3.8) is 0 Å². The van der Waals surface area contributed by atoms with Crippen LogP contribution < -0.4 is 0 Å². The highest BCUT2D eigenvalue weighted by molar-refractivity contribution is 5.81. The fourth-order valence-electron chi connectivity index (χ4n) is 5.27. The van der Waals surface area contributed by atoms with Gasteiger partial charge in [0.05, 0.1) is 25.9 Å². The molecule has 0 bridgehead atoms. The highest BCUT2D eigenvalue weighted by atomic mass is 16.7. The van der Waals surface area contributed by atoms with E-state index in [-0.39, 0.29) is 37.9 Å². The zero-order valence-corrected chi connectivity index (χ0v) is 19.6. The van der Waals surface area contributed by atoms with Gasteiger partial charge in [-0.05, 0) is 41.5 Å². The van der Waals surface area contributed by atoms with Crippen molar-refractivity contribution in [1.29, 1.82) is 0 Å². The van der Waals surface area contributed by atoms with Crippen LogP contribution in [0, 0.1) is 0 Å². The molecule has 2 aromatic rings. The van der Waals surface area contributed by atoms with Crippen molar-refractivity contribution in [2.75, 3.05) is 33.0 Å². The molecule has 3 atom stereocenters. The number of benzene rings is 2. The number of hydrogen-bond donors (Lipinski definition) is 1. The van der Waals surface area contributed by atoms with Crippen LogP contribution in [0.15, 0.2) is 48.5 Å². The zero-order valence-electron chi connectivity index (χ0n) is 19.6. The maximum atomic E-state index is 13.0. The minimum Gasteiger partial charge on any atom is -0.480 e. The number of fused-ring (bicyclic) bond motifs is 3. The molecular weight excluding hydrogens is 450 g/mol. The number of carbonyl (C=O) groups is 2. The summed E-state index contributed by atoms with van der Waals surface area (Å²) in [6, 6.07) is 15.2. The molecule has 1 N–H and O–H groups in total. The minimum atomic E-state index is -1.06. The Morgan fingerprint density at radius 3 is 2.31 bits per heavy atom. The summed E-state index contributed by atoms with van der Waals surface area (Å²) >= 11 is 0. The third-order valence-corrected chi connectivity index (χ3v) is 7.00. The summed E-state index contributed by atoms with van der Waals surface area (Å²) in [6.07, 6.45) is 2.04. The molecule has 5 rings (SSSR count). The normalized spacial score (nSPS) is 23.7. The van der Waals surface area contributed by atoms with Gasteiger partial charge in [0.1, 0.15) is 12.6 Å². The van der Waals surface area contributed by atoms with E-state index in [1.807, 2.05) is 36.4 Å². The lowest BCUT2D eigenvalue weighted by atomic mass is 9.98. The molecule has 0 radical (unpaired) electrons. The molecule has 2 aromatic carbocycles. The van der Waals surface area contributed by atoms with Crippen LogP contribution in [0.5, 0.6) is 0 Å². The summed E-state index contributed by atoms with van der Waals surface area (Å²) in [6.45, 7) is 1.72. The first-order chi connectivity index (χ1) is 17.1. The summed E-state index contributed by atoms with van der Waals surface area (Å²) in [5, 5.41) is 9.69. The monoisotopic (exact) mass is 481 g/mol. The average molecular weight is 482 g/mol. The Hall–Kier alpha value is -2.94. The van der Waals surface area contributed by atoms with Crippen molar-refractivity contribution in [3.8, 4) is 11.1 Å². The Balaban J connectivity index is 1.16. The third-order valence-electron chi connectivity index (χ3n) is 7.00. The van der Waals surface area contributed by atoms with E-state index in [1.165, 1.54) is 4.90 Å². The van der Waals surface area contributed by atoms with E-state index in [0.29, 0.717) is 19.8 Å². The second-order valence-corrected chi connectivity index (χ2v) is 9.21. The van der Waals surface area contributed by atoms with Crippen molar-refractivity contribution in [3.05, 3.63) is 59.7 Å². The van der Waals surface area contributed by atoms with Crippen molar-refractivity contribution < 1.29 is 33.6 Å². The van der Waals surface area contributed by atoms with Crippen LogP contribution in [0.1, 0.15) is 42.7 Å². The highest BCUT2D eigenvalue weighted by Gasteiger charge is 2.41. The number of rotatable bonds is 8. The fourth-order valence-corrected chi connectivity index (χ4v) is 5.27. The van der Waals surface area contributed by atoms with Gasteiger partial charge in [-0.2, -0.15) is 0 Å². The van der Waals surface area contributed by atoms with Crippen molar-refractivity contribution in [2.24, 2.45) is 0 Å². The number of nitrogens with zero attached hydrogens (tertiary/aromatic N) is 1. The molecule has 8 nitrogen and oxygen atoms in total. The van der Waals surface area contributed by atoms with Gasteiger partial charge in [-0.15, -0.1) is 0 Å². The van der Waals surface area contributed by atoms with Crippen molar-refractivity contribution in [1.82, 2.24) is 4.90 Å². The van der Waals surface area contributed by atoms with Crippen LogP contribution in [0.4, 0.5) is 4.79 Å². The van der Waals surface area contributed by atoms with E-state index in [0.717, 1.165) is 41.5 Å². The van der Waals surface area contributed by atoms with Gasteiger partial charge in [-0.25, -0.2) is 9.59 Å². The largest absolute Gasteiger partial charge is 0.480 e. The van der Waals surface area contributed by atoms with E-state index in [1.54, 1.807) is 0 Å². The molecule has 0 aromatic heterocycles. The van der Waals surface area contributed by atoms with E-state index < -0.39 is 18.1 Å². The lowest BCUT2D eigenvalue weighted by Gasteiger charge is -2.23. The van der Waals surface area contributed by atoms with Crippen LogP contribution in [-0.2, 0) is 23.7 Å². The molecule has 3 aliphatic rings. The Morgan fingerprint density at radius 2 is 1.66 bits per heavy atom. The third kappa shape index (κ3) is 5.19. The Kier molecular flexibility index (Phi) is 7.32. The van der Waals surface area contributed by atoms with Gasteiger partial charge in [0.15, 0.2) is 6.29 Å². The molecule has 35 heavy (non-hydrogen) atoms. The fraction of sp³-hybridized carbons (Fsp3) is 0.481. The molecule has 1 amide bonds. The molecule has 186 valence electrons. The summed E-state index contributed by atoms with van der Waals surface area (Å²) in [4.78, 5) is 26.1. The van der Waals surface area contributed by atoms with E-state index in [4.69, 9.17) is 18.9 Å². The van der Waals surface area contributed by atoms with Crippen LogP contribution >= 0.6 is 0 Å². The van der Waals surface area contributed by atoms with Gasteiger partial charge in [0, 0.05) is 18.9 Å². The van der Waals surface area contributed by atoms with Crippen LogP contribution in [-0.4, -0.2) is 73.5 Å². The standard InChI is InChI=1S/C27H31NO7/c29-26(30)24-15-18(32-13-14-34-25-11-5-6-12-33-25)16-28(24)27(31)35-17-23-21-9-3-1-7-19(21)20-8-2-4-10-22(20)23/h1-4,7-10,18,23-25H,5-6,11-17H2,(H,29,30)/t18-,24+,25?/m1/s1. The summed E-state index contributed by atoms with van der Waals surface area (Å²) in [5.74, 6) is -1.14. The highest BCUT2D eigenvalue weighted by Crippen LogP contribution is 2.44. The lowest BCUT2D eigenvalue weighted by molar-refractivity contribution is -0.171. The summed E-state index contributed by atoms with van der Waals surface area (Å²) in [5.41, 5.74) is 4.51. The second kappa shape index (κ2) is 10.8. The van der Waals surface area contributed by atoms with Crippen molar-refractivity contribution >= 4 is 12.1 Å². The van der Waals surface area contributed by atoms with Gasteiger partial charge >= 0.3 is 12.1 Å². The molecule has 0 spiro atoms. The molecule has 1 aliphatic carbocycles. The van der Waals surface area contributed by atoms with Crippen LogP contribution in [0.2, 0.25) is 0 Å². The Bertz CT molecular complexity index is 1010. The Labute approximate surface area is 204 Å². The first kappa shape index (κ1) is 23.8. The number of carboxylic acid groups (broad SMARTS) is 1. The summed E-state index contributed by atoms with van der Waals surface area (Å²) in [7, 11) is 0. The van der Waals surface area contributed by atoms with E-state index in [9.17, 15) is 14.7 Å². The lowest BCUT2D eigenvalue weighted by Crippen LogP contribution is -2.41. The molecule has 2 heterocycles. The van der Waals surface area contributed by atoms with E-state index >= 15 is 0 Å². The molecule has 0 saturated carbocycles. The summed E-state index contributed by atoms with van der Waals surface area (Å²) < 4.78 is 22.7. The first-order valence-corrected chi connectivity index (χ1v) is 12.3. The predicted octanol–water partition coefficient (Wildman–Crippen LogP) is 4.02. The van der Waals surface area contributed by atoms with Gasteiger partial charge < -0.3 is 24.1 Å². The molecule has 2 fully saturated rings. The van der Waals surface area contributed by atoms with Gasteiger partial charge in [-0.3, -0.25) is 4.90 Å². The molecule has 2 saturated heterocycles. The number of hydrogen-bond acceptors (Lipinski definition) is 6. The number of amides is 1. The quantitative estimate of drug-likeness (QED) is 0.569. The van der Waals surface area contributed by atoms with Gasteiger partial charge in [0.25, 0.3) is 0 Å². The van der Waals surface area contributed by atoms with Crippen LogP contribution in [0.25, 0.3) is 11.1 Å². The van der Waals surface area contributed by atoms with Crippen LogP contribution in [0.3, 0.4) is 0 Å².